The first-order valence-electron chi connectivity index (χ1n) is 9.34. The number of nitrogens with one attached hydrogen (secondary N) is 2. The first-order chi connectivity index (χ1) is 13.3. The molecule has 0 spiro atoms. The molecule has 27 heavy (non-hydrogen) atoms. The Labute approximate surface area is 165 Å². The molecule has 5 nitrogen and oxygen atoms in total. The molecule has 0 amide bonds. The van der Waals surface area contributed by atoms with E-state index in [-0.39, 0.29) is 0 Å². The number of nitrogens with zero attached hydrogens (tertiary/aromatic N) is 3. The van der Waals surface area contributed by atoms with E-state index in [1.165, 1.54) is 16.7 Å². The molecule has 3 aromatic rings. The van der Waals surface area contributed by atoms with Crippen molar-refractivity contribution in [2.24, 2.45) is 4.99 Å². The summed E-state index contributed by atoms with van der Waals surface area (Å²) >= 11 is 1.74. The summed E-state index contributed by atoms with van der Waals surface area (Å²) in [7, 11) is 0. The summed E-state index contributed by atoms with van der Waals surface area (Å²) in [5.41, 5.74) is 3.83. The van der Waals surface area contributed by atoms with Gasteiger partial charge in [0.05, 0.1) is 13.1 Å². The Kier molecular flexibility index (Phi) is 7.04. The average Bonchev–Trinajstić information content (AvgIpc) is 3.39. The van der Waals surface area contributed by atoms with Gasteiger partial charge in [0.15, 0.2) is 5.96 Å². The van der Waals surface area contributed by atoms with Crippen LogP contribution in [-0.2, 0) is 13.1 Å². The summed E-state index contributed by atoms with van der Waals surface area (Å²) in [5.74, 6) is 1.31. The summed E-state index contributed by atoms with van der Waals surface area (Å²) in [6.07, 6.45) is 3.79. The molecule has 0 aliphatic carbocycles. The van der Waals surface area contributed by atoms with Crippen molar-refractivity contribution in [2.45, 2.75) is 32.9 Å². The standard InChI is InChI=1S/C21H27N5S/c1-3-22-21(23-13-17(2)20-9-12-27-16-20)24-14-18-7-4-5-8-19(18)15-26-11-6-10-25-26/h4-12,16-17H,3,13-15H2,1-2H3,(H2,22,23,24). The van der Waals surface area contributed by atoms with Crippen molar-refractivity contribution in [3.05, 3.63) is 76.2 Å². The van der Waals surface area contributed by atoms with Crippen LogP contribution in [0.1, 0.15) is 36.5 Å². The molecular formula is C21H27N5S. The van der Waals surface area contributed by atoms with E-state index in [2.05, 4.69) is 70.7 Å². The van der Waals surface area contributed by atoms with E-state index in [1.807, 2.05) is 23.1 Å². The van der Waals surface area contributed by atoms with Gasteiger partial charge in [-0.25, -0.2) is 4.99 Å². The number of thiophene rings is 1. The van der Waals surface area contributed by atoms with Gasteiger partial charge < -0.3 is 10.6 Å². The van der Waals surface area contributed by atoms with Gasteiger partial charge in [-0.2, -0.15) is 16.4 Å². The van der Waals surface area contributed by atoms with E-state index in [0.29, 0.717) is 12.5 Å². The molecule has 1 atom stereocenters. The summed E-state index contributed by atoms with van der Waals surface area (Å²) < 4.78 is 1.94. The lowest BCUT2D eigenvalue weighted by molar-refractivity contribution is 0.679. The van der Waals surface area contributed by atoms with Crippen molar-refractivity contribution >= 4 is 17.3 Å². The maximum absolute atomic E-state index is 4.79. The van der Waals surface area contributed by atoms with Crippen molar-refractivity contribution in [3.63, 3.8) is 0 Å². The summed E-state index contributed by atoms with van der Waals surface area (Å²) in [4.78, 5) is 4.79. The molecule has 2 aromatic heterocycles. The molecule has 0 aliphatic heterocycles. The number of rotatable bonds is 8. The SMILES string of the molecule is CCNC(=NCc1ccccc1Cn1cccn1)NCC(C)c1ccsc1. The second-order valence-electron chi connectivity index (χ2n) is 6.51. The minimum Gasteiger partial charge on any atom is -0.357 e. The van der Waals surface area contributed by atoms with Crippen LogP contribution in [0.5, 0.6) is 0 Å². The Hall–Kier alpha value is -2.60. The van der Waals surface area contributed by atoms with E-state index >= 15 is 0 Å². The number of hydrogen-bond acceptors (Lipinski definition) is 3. The predicted molar refractivity (Wildman–Crippen MR) is 113 cm³/mol. The minimum absolute atomic E-state index is 0.451. The van der Waals surface area contributed by atoms with Crippen LogP contribution in [0.4, 0.5) is 0 Å². The van der Waals surface area contributed by atoms with Gasteiger partial charge in [0.25, 0.3) is 0 Å². The molecule has 0 aliphatic rings. The lowest BCUT2D eigenvalue weighted by atomic mass is 10.1. The van der Waals surface area contributed by atoms with Gasteiger partial charge in [0, 0.05) is 25.5 Å². The molecule has 142 valence electrons. The zero-order chi connectivity index (χ0) is 18.9. The molecule has 1 aromatic carbocycles. The topological polar surface area (TPSA) is 54.2 Å². The fourth-order valence-electron chi connectivity index (χ4n) is 2.86. The van der Waals surface area contributed by atoms with E-state index in [1.54, 1.807) is 11.3 Å². The zero-order valence-corrected chi connectivity index (χ0v) is 16.7. The zero-order valence-electron chi connectivity index (χ0n) is 15.9. The van der Waals surface area contributed by atoms with E-state index in [0.717, 1.165) is 25.6 Å². The highest BCUT2D eigenvalue weighted by Gasteiger charge is 2.08. The minimum atomic E-state index is 0.451. The lowest BCUT2D eigenvalue weighted by Crippen LogP contribution is -2.39. The van der Waals surface area contributed by atoms with Crippen LogP contribution in [0, 0.1) is 0 Å². The quantitative estimate of drug-likeness (QED) is 0.460. The molecule has 0 bridgehead atoms. The Bertz CT molecular complexity index is 824. The Morgan fingerprint density at radius 2 is 2.04 bits per heavy atom. The normalized spacial score (nSPS) is 12.7. The van der Waals surface area contributed by atoms with Gasteiger partial charge in [-0.05, 0) is 52.4 Å². The van der Waals surface area contributed by atoms with Crippen molar-refractivity contribution in [1.82, 2.24) is 20.4 Å². The monoisotopic (exact) mass is 381 g/mol. The van der Waals surface area contributed by atoms with Crippen LogP contribution in [0.25, 0.3) is 0 Å². The van der Waals surface area contributed by atoms with Gasteiger partial charge in [0.1, 0.15) is 0 Å². The van der Waals surface area contributed by atoms with Crippen LogP contribution in [0.2, 0.25) is 0 Å². The van der Waals surface area contributed by atoms with Crippen LogP contribution in [0.3, 0.4) is 0 Å². The van der Waals surface area contributed by atoms with Crippen LogP contribution in [0.15, 0.2) is 64.5 Å². The summed E-state index contributed by atoms with van der Waals surface area (Å²) in [5, 5.41) is 15.5. The smallest absolute Gasteiger partial charge is 0.191 e. The maximum atomic E-state index is 4.79. The number of benzene rings is 1. The van der Waals surface area contributed by atoms with Crippen LogP contribution in [-0.4, -0.2) is 28.8 Å². The molecule has 1 unspecified atom stereocenters. The van der Waals surface area contributed by atoms with E-state index in [9.17, 15) is 0 Å². The van der Waals surface area contributed by atoms with E-state index in [4.69, 9.17) is 4.99 Å². The lowest BCUT2D eigenvalue weighted by Gasteiger charge is -2.15. The number of hydrogen-bond donors (Lipinski definition) is 2. The van der Waals surface area contributed by atoms with Gasteiger partial charge >= 0.3 is 0 Å². The first-order valence-corrected chi connectivity index (χ1v) is 10.3. The highest BCUT2D eigenvalue weighted by Crippen LogP contribution is 2.17. The first kappa shape index (κ1) is 19.2. The second-order valence-corrected chi connectivity index (χ2v) is 7.29. The molecule has 2 heterocycles. The average molecular weight is 382 g/mol. The van der Waals surface area contributed by atoms with Gasteiger partial charge in [-0.15, -0.1) is 0 Å². The molecule has 0 radical (unpaired) electrons. The number of aromatic nitrogens is 2. The Balaban J connectivity index is 1.64. The van der Waals surface area contributed by atoms with Crippen molar-refractivity contribution in [2.75, 3.05) is 13.1 Å². The van der Waals surface area contributed by atoms with Crippen LogP contribution < -0.4 is 10.6 Å². The molecule has 0 saturated heterocycles. The third-order valence-corrected chi connectivity index (χ3v) is 5.15. The van der Waals surface area contributed by atoms with Crippen molar-refractivity contribution in [1.29, 1.82) is 0 Å². The highest BCUT2D eigenvalue weighted by atomic mass is 32.1. The molecule has 0 fully saturated rings. The summed E-state index contributed by atoms with van der Waals surface area (Å²) in [6.45, 7) is 7.42. The predicted octanol–water partition coefficient (Wildman–Crippen LogP) is 3.85. The third-order valence-electron chi connectivity index (χ3n) is 4.45. The molecular weight excluding hydrogens is 354 g/mol. The van der Waals surface area contributed by atoms with Gasteiger partial charge in [-0.3, -0.25) is 4.68 Å². The highest BCUT2D eigenvalue weighted by molar-refractivity contribution is 7.07. The van der Waals surface area contributed by atoms with Crippen LogP contribution >= 0.6 is 11.3 Å². The van der Waals surface area contributed by atoms with Crippen molar-refractivity contribution < 1.29 is 0 Å². The fourth-order valence-corrected chi connectivity index (χ4v) is 3.65. The van der Waals surface area contributed by atoms with Gasteiger partial charge in [0.2, 0.25) is 0 Å². The molecule has 3 rings (SSSR count). The Morgan fingerprint density at radius 3 is 2.74 bits per heavy atom. The molecule has 2 N–H and O–H groups in total. The second kappa shape index (κ2) is 9.92. The fraction of sp³-hybridized carbons (Fsp3) is 0.333. The largest absolute Gasteiger partial charge is 0.357 e. The number of guanidine groups is 1. The Morgan fingerprint density at radius 1 is 1.19 bits per heavy atom. The third kappa shape index (κ3) is 5.69. The number of aliphatic imine (C=N–C) groups is 1. The van der Waals surface area contributed by atoms with Gasteiger partial charge in [-0.1, -0.05) is 31.2 Å². The molecule has 0 saturated carbocycles. The molecule has 6 heteroatoms. The maximum Gasteiger partial charge on any atom is 0.191 e. The van der Waals surface area contributed by atoms with Crippen molar-refractivity contribution in [3.8, 4) is 0 Å². The van der Waals surface area contributed by atoms with E-state index < -0.39 is 0 Å². The summed E-state index contributed by atoms with van der Waals surface area (Å²) in [6, 6.07) is 12.6.